The van der Waals surface area contributed by atoms with Crippen LogP contribution < -0.4 is 24.8 Å². The molecule has 2 aromatic rings. The maximum Gasteiger partial charge on any atom is 0.242 e. The first-order valence-corrected chi connectivity index (χ1v) is 12.8. The predicted molar refractivity (Wildman–Crippen MR) is 127 cm³/mol. The van der Waals surface area contributed by atoms with E-state index in [4.69, 9.17) is 9.47 Å². The van der Waals surface area contributed by atoms with Crippen LogP contribution in [0.2, 0.25) is 0 Å². The lowest BCUT2D eigenvalue weighted by Gasteiger charge is -2.18. The van der Waals surface area contributed by atoms with Crippen molar-refractivity contribution in [1.29, 1.82) is 0 Å². The van der Waals surface area contributed by atoms with Crippen molar-refractivity contribution in [2.75, 3.05) is 19.8 Å². The van der Waals surface area contributed by atoms with E-state index in [0.717, 1.165) is 5.56 Å². The Bertz CT molecular complexity index is 1080. The minimum atomic E-state index is -3.66. The molecule has 1 unspecified atom stereocenters. The zero-order valence-corrected chi connectivity index (χ0v) is 20.0. The molecular formula is C24H31N3O6S. The minimum absolute atomic E-state index is 0.121. The second kappa shape index (κ2) is 12.4. The molecule has 0 saturated carbocycles. The summed E-state index contributed by atoms with van der Waals surface area (Å²) in [6.07, 6.45) is 2.12. The fraction of sp³-hybridized carbons (Fsp3) is 0.417. The van der Waals surface area contributed by atoms with Gasteiger partial charge in [0.2, 0.25) is 21.8 Å². The SMILES string of the molecule is CC(NC(=O)CCCCCNS(=O)(=O)c1ccc2c(c1)OCCO2)C(=O)NCc1ccccc1. The van der Waals surface area contributed by atoms with Gasteiger partial charge in [0, 0.05) is 25.6 Å². The van der Waals surface area contributed by atoms with E-state index < -0.39 is 16.1 Å². The maximum atomic E-state index is 12.5. The smallest absolute Gasteiger partial charge is 0.242 e. The van der Waals surface area contributed by atoms with Gasteiger partial charge in [-0.05, 0) is 37.5 Å². The van der Waals surface area contributed by atoms with Gasteiger partial charge < -0.3 is 20.1 Å². The predicted octanol–water partition coefficient (Wildman–Crippen LogP) is 2.12. The molecule has 9 nitrogen and oxygen atoms in total. The molecule has 1 atom stereocenters. The molecule has 1 aliphatic rings. The molecule has 0 aliphatic carbocycles. The fourth-order valence-electron chi connectivity index (χ4n) is 3.39. The largest absolute Gasteiger partial charge is 0.486 e. The van der Waals surface area contributed by atoms with Crippen molar-refractivity contribution in [1.82, 2.24) is 15.4 Å². The number of carbonyl (C=O) groups excluding carboxylic acids is 2. The van der Waals surface area contributed by atoms with Crippen LogP contribution in [0.15, 0.2) is 53.4 Å². The summed E-state index contributed by atoms with van der Waals surface area (Å²) >= 11 is 0. The molecule has 3 N–H and O–H groups in total. The van der Waals surface area contributed by atoms with Crippen LogP contribution in [-0.2, 0) is 26.2 Å². The van der Waals surface area contributed by atoms with Crippen molar-refractivity contribution in [2.45, 2.75) is 50.1 Å². The van der Waals surface area contributed by atoms with Gasteiger partial charge in [-0.3, -0.25) is 9.59 Å². The van der Waals surface area contributed by atoms with Crippen molar-refractivity contribution in [3.05, 3.63) is 54.1 Å². The normalized spacial score (nSPS) is 13.7. The van der Waals surface area contributed by atoms with E-state index in [1.807, 2.05) is 30.3 Å². The van der Waals surface area contributed by atoms with Crippen molar-refractivity contribution in [3.8, 4) is 11.5 Å². The van der Waals surface area contributed by atoms with E-state index in [0.29, 0.717) is 50.5 Å². The Hall–Kier alpha value is -3.11. The van der Waals surface area contributed by atoms with Crippen LogP contribution >= 0.6 is 0 Å². The Morgan fingerprint density at radius 3 is 2.47 bits per heavy atom. The highest BCUT2D eigenvalue weighted by Gasteiger charge is 2.19. The molecule has 184 valence electrons. The van der Waals surface area contributed by atoms with Crippen molar-refractivity contribution < 1.29 is 27.5 Å². The van der Waals surface area contributed by atoms with Crippen LogP contribution in [0.3, 0.4) is 0 Å². The van der Waals surface area contributed by atoms with Gasteiger partial charge in [0.1, 0.15) is 19.3 Å². The Labute approximate surface area is 200 Å². The van der Waals surface area contributed by atoms with E-state index in [2.05, 4.69) is 15.4 Å². The molecule has 2 aromatic carbocycles. The Kier molecular flexibility index (Phi) is 9.29. The van der Waals surface area contributed by atoms with E-state index in [-0.39, 0.29) is 29.7 Å². The van der Waals surface area contributed by atoms with Gasteiger partial charge in [-0.1, -0.05) is 36.8 Å². The third-order valence-electron chi connectivity index (χ3n) is 5.28. The Morgan fingerprint density at radius 1 is 0.971 bits per heavy atom. The summed E-state index contributed by atoms with van der Waals surface area (Å²) < 4.78 is 38.4. The third kappa shape index (κ3) is 7.74. The molecule has 1 heterocycles. The lowest BCUT2D eigenvalue weighted by molar-refractivity contribution is -0.128. The molecule has 0 saturated heterocycles. The molecule has 3 rings (SSSR count). The first-order chi connectivity index (χ1) is 16.3. The summed E-state index contributed by atoms with van der Waals surface area (Å²) in [5, 5.41) is 5.49. The number of hydrogen-bond donors (Lipinski definition) is 3. The number of unbranched alkanes of at least 4 members (excludes halogenated alkanes) is 2. The van der Waals surface area contributed by atoms with E-state index in [9.17, 15) is 18.0 Å². The highest BCUT2D eigenvalue weighted by atomic mass is 32.2. The fourth-order valence-corrected chi connectivity index (χ4v) is 4.47. The highest BCUT2D eigenvalue weighted by molar-refractivity contribution is 7.89. The standard InChI is InChI=1S/C24H31N3O6S/c1-18(24(29)25-17-19-8-4-2-5-9-19)27-23(28)10-6-3-7-13-26-34(30,31)20-11-12-21-22(16-20)33-15-14-32-21/h2,4-5,8-9,11-12,16,18,26H,3,6-7,10,13-15,17H2,1H3,(H,25,29)(H,27,28). The van der Waals surface area contributed by atoms with Gasteiger partial charge in [-0.25, -0.2) is 13.1 Å². The van der Waals surface area contributed by atoms with E-state index in [1.165, 1.54) is 12.1 Å². The summed E-state index contributed by atoms with van der Waals surface area (Å²) in [6.45, 7) is 3.13. The van der Waals surface area contributed by atoms with E-state index in [1.54, 1.807) is 13.0 Å². The Balaban J connectivity index is 1.30. The molecule has 2 amide bonds. The van der Waals surface area contributed by atoms with Crippen molar-refractivity contribution in [3.63, 3.8) is 0 Å². The van der Waals surface area contributed by atoms with Crippen LogP contribution in [0.1, 0.15) is 38.2 Å². The summed E-state index contributed by atoms with van der Waals surface area (Å²) in [6, 6.07) is 13.4. The molecule has 0 radical (unpaired) electrons. The summed E-state index contributed by atoms with van der Waals surface area (Å²) in [4.78, 5) is 24.4. The number of nitrogens with one attached hydrogen (secondary N) is 3. The number of benzene rings is 2. The highest BCUT2D eigenvalue weighted by Crippen LogP contribution is 2.32. The second-order valence-electron chi connectivity index (χ2n) is 8.01. The van der Waals surface area contributed by atoms with Crippen molar-refractivity contribution in [2.24, 2.45) is 0 Å². The van der Waals surface area contributed by atoms with Crippen LogP contribution in [-0.4, -0.2) is 46.0 Å². The van der Waals surface area contributed by atoms with Crippen molar-refractivity contribution >= 4 is 21.8 Å². The molecule has 0 aromatic heterocycles. The van der Waals surface area contributed by atoms with Crippen LogP contribution in [0.5, 0.6) is 11.5 Å². The number of sulfonamides is 1. The van der Waals surface area contributed by atoms with Crippen LogP contribution in [0, 0.1) is 0 Å². The molecule has 0 fully saturated rings. The number of ether oxygens (including phenoxy) is 2. The summed E-state index contributed by atoms with van der Waals surface area (Å²) in [5.41, 5.74) is 0.985. The molecule has 10 heteroatoms. The van der Waals surface area contributed by atoms with Gasteiger partial charge in [0.05, 0.1) is 4.90 Å². The third-order valence-corrected chi connectivity index (χ3v) is 6.74. The van der Waals surface area contributed by atoms with Gasteiger partial charge in [-0.15, -0.1) is 0 Å². The lowest BCUT2D eigenvalue weighted by atomic mass is 10.2. The van der Waals surface area contributed by atoms with E-state index >= 15 is 0 Å². The topological polar surface area (TPSA) is 123 Å². The van der Waals surface area contributed by atoms with Gasteiger partial charge in [-0.2, -0.15) is 0 Å². The summed E-state index contributed by atoms with van der Waals surface area (Å²) in [5.74, 6) is 0.500. The first kappa shape index (κ1) is 25.5. The van der Waals surface area contributed by atoms with Gasteiger partial charge in [0.25, 0.3) is 0 Å². The maximum absolute atomic E-state index is 12.5. The van der Waals surface area contributed by atoms with Crippen LogP contribution in [0.4, 0.5) is 0 Å². The first-order valence-electron chi connectivity index (χ1n) is 11.4. The average Bonchev–Trinajstić information content (AvgIpc) is 2.84. The van der Waals surface area contributed by atoms with Gasteiger partial charge >= 0.3 is 0 Å². The summed E-state index contributed by atoms with van der Waals surface area (Å²) in [7, 11) is -3.66. The van der Waals surface area contributed by atoms with Gasteiger partial charge in [0.15, 0.2) is 11.5 Å². The lowest BCUT2D eigenvalue weighted by Crippen LogP contribution is -2.44. The zero-order valence-electron chi connectivity index (χ0n) is 19.2. The molecule has 34 heavy (non-hydrogen) atoms. The zero-order chi connectivity index (χ0) is 24.4. The quantitative estimate of drug-likeness (QED) is 0.393. The second-order valence-corrected chi connectivity index (χ2v) is 9.77. The number of fused-ring (bicyclic) bond motifs is 1. The number of hydrogen-bond acceptors (Lipinski definition) is 6. The van der Waals surface area contributed by atoms with Crippen LogP contribution in [0.25, 0.3) is 0 Å². The monoisotopic (exact) mass is 489 g/mol. The average molecular weight is 490 g/mol. The molecule has 0 bridgehead atoms. The molecule has 0 spiro atoms. The number of rotatable bonds is 12. The number of carbonyl (C=O) groups is 2. The Morgan fingerprint density at radius 2 is 1.71 bits per heavy atom. The molecule has 1 aliphatic heterocycles. The minimum Gasteiger partial charge on any atom is -0.486 e. The molecular weight excluding hydrogens is 458 g/mol. The number of amides is 2.